The first-order chi connectivity index (χ1) is 15.2. The minimum absolute atomic E-state index is 0.0968. The zero-order chi connectivity index (χ0) is 23.4. The van der Waals surface area contributed by atoms with Gasteiger partial charge in [0.15, 0.2) is 0 Å². The zero-order valence-electron chi connectivity index (χ0n) is 17.6. The molecule has 2 atom stereocenters. The number of aromatic nitrogens is 3. The van der Waals surface area contributed by atoms with Crippen molar-refractivity contribution in [1.82, 2.24) is 20.3 Å². The van der Waals surface area contributed by atoms with Crippen LogP contribution in [0.25, 0.3) is 11.0 Å². The number of rotatable bonds is 9. The molecule has 0 radical (unpaired) electrons. The van der Waals surface area contributed by atoms with Crippen LogP contribution in [0.2, 0.25) is 0 Å². The molecule has 0 saturated carbocycles. The molecule has 1 amide bonds. The first kappa shape index (κ1) is 22.7. The van der Waals surface area contributed by atoms with Crippen LogP contribution in [0, 0.1) is 6.92 Å². The third-order valence-electron chi connectivity index (χ3n) is 5.26. The Morgan fingerprint density at radius 1 is 1.12 bits per heavy atom. The fourth-order valence-corrected chi connectivity index (χ4v) is 3.69. The molecular weight excluding hydrogens is 416 g/mol. The number of amides is 1. The molecular formula is C22H24N4O6. The molecule has 5 N–H and O–H groups in total. The Morgan fingerprint density at radius 3 is 2.41 bits per heavy atom. The van der Waals surface area contributed by atoms with Gasteiger partial charge in [0.25, 0.3) is 5.91 Å². The van der Waals surface area contributed by atoms with Crippen molar-refractivity contribution in [3.8, 4) is 5.88 Å². The molecule has 32 heavy (non-hydrogen) atoms. The number of carbonyl (C=O) groups excluding carboxylic acids is 1. The summed E-state index contributed by atoms with van der Waals surface area (Å²) in [6.45, 7) is 3.69. The van der Waals surface area contributed by atoms with Crippen LogP contribution >= 0.6 is 0 Å². The van der Waals surface area contributed by atoms with Gasteiger partial charge in [-0.15, -0.1) is 0 Å². The van der Waals surface area contributed by atoms with Crippen LogP contribution in [0.5, 0.6) is 5.88 Å². The normalized spacial score (nSPS) is 12.9. The molecule has 3 rings (SSSR count). The maximum atomic E-state index is 12.5. The highest BCUT2D eigenvalue weighted by Gasteiger charge is 2.23. The van der Waals surface area contributed by atoms with Gasteiger partial charge in [-0.3, -0.25) is 9.59 Å². The van der Waals surface area contributed by atoms with Gasteiger partial charge in [0.1, 0.15) is 17.5 Å². The number of aromatic hydroxyl groups is 1. The number of aliphatic carboxylic acids is 2. The van der Waals surface area contributed by atoms with E-state index in [0.717, 1.165) is 11.1 Å². The first-order valence-electron chi connectivity index (χ1n) is 10.1. The van der Waals surface area contributed by atoms with Gasteiger partial charge in [-0.2, -0.15) is 4.98 Å². The number of carbonyl (C=O) groups is 3. The van der Waals surface area contributed by atoms with Gasteiger partial charge in [0.2, 0.25) is 5.88 Å². The average Bonchev–Trinajstić information content (AvgIpc) is 3.15. The number of nitrogens with zero attached hydrogens (tertiary/aromatic N) is 2. The van der Waals surface area contributed by atoms with E-state index < -0.39 is 23.9 Å². The third kappa shape index (κ3) is 4.85. The van der Waals surface area contributed by atoms with Crippen molar-refractivity contribution in [3.63, 3.8) is 0 Å². The molecule has 0 fully saturated rings. The number of hydrogen-bond donors (Lipinski definition) is 5. The summed E-state index contributed by atoms with van der Waals surface area (Å²) in [6, 6.07) is 5.40. The van der Waals surface area contributed by atoms with Crippen molar-refractivity contribution in [3.05, 3.63) is 53.0 Å². The Labute approximate surface area is 183 Å². The Balaban J connectivity index is 1.81. The fourth-order valence-electron chi connectivity index (χ4n) is 3.69. The van der Waals surface area contributed by atoms with Crippen LogP contribution in [0.1, 0.15) is 59.4 Å². The van der Waals surface area contributed by atoms with Gasteiger partial charge in [-0.05, 0) is 43.0 Å². The predicted octanol–water partition coefficient (Wildman–Crippen LogP) is 2.56. The van der Waals surface area contributed by atoms with E-state index in [2.05, 4.69) is 20.3 Å². The maximum Gasteiger partial charge on any atom is 0.326 e. The highest BCUT2D eigenvalue weighted by atomic mass is 16.4. The SMILES string of the molecule is CCC(c1ccc(C(=O)N[C@@H](CCC(=O)O)C(=O)O)cc1)c1c[nH]c2nc(C)nc(O)c12. The standard InChI is InChI=1S/C22H24N4O6/c1-3-14(15-10-23-19-18(15)21(30)25-11(2)24-19)12-4-6-13(7-5-12)20(29)26-16(22(31)32)8-9-17(27)28/h4-7,10,14,16H,3,8-9H2,1-2H3,(H,26,29)(H,27,28)(H,31,32)(H2,23,24,25,30)/t14?,16-/m0/s1. The van der Waals surface area contributed by atoms with Gasteiger partial charge < -0.3 is 25.6 Å². The minimum atomic E-state index is -1.29. The average molecular weight is 440 g/mol. The lowest BCUT2D eigenvalue weighted by Gasteiger charge is -2.17. The summed E-state index contributed by atoms with van der Waals surface area (Å²) in [5, 5.41) is 31.2. The van der Waals surface area contributed by atoms with E-state index >= 15 is 0 Å². The fraction of sp³-hybridized carbons (Fsp3) is 0.318. The van der Waals surface area contributed by atoms with Crippen LogP contribution in [-0.4, -0.2) is 54.2 Å². The number of carboxylic acids is 2. The number of carboxylic acid groups (broad SMARTS) is 2. The molecule has 0 spiro atoms. The van der Waals surface area contributed by atoms with Gasteiger partial charge in [-0.1, -0.05) is 19.1 Å². The summed E-state index contributed by atoms with van der Waals surface area (Å²) < 4.78 is 0. The molecule has 0 aliphatic heterocycles. The third-order valence-corrected chi connectivity index (χ3v) is 5.26. The second-order valence-electron chi connectivity index (χ2n) is 7.44. The van der Waals surface area contributed by atoms with E-state index in [-0.39, 0.29) is 30.2 Å². The monoisotopic (exact) mass is 440 g/mol. The van der Waals surface area contributed by atoms with Gasteiger partial charge in [0, 0.05) is 24.1 Å². The number of nitrogens with one attached hydrogen (secondary N) is 2. The quantitative estimate of drug-likeness (QED) is 0.338. The number of aryl methyl sites for hydroxylation is 1. The molecule has 0 aliphatic rings. The van der Waals surface area contributed by atoms with Crippen molar-refractivity contribution < 1.29 is 29.7 Å². The maximum absolute atomic E-state index is 12.5. The van der Waals surface area contributed by atoms with E-state index in [4.69, 9.17) is 5.11 Å². The molecule has 168 valence electrons. The topological polar surface area (TPSA) is 165 Å². The summed E-state index contributed by atoms with van der Waals surface area (Å²) in [4.78, 5) is 45.9. The zero-order valence-corrected chi connectivity index (χ0v) is 17.6. The van der Waals surface area contributed by atoms with Crippen LogP contribution in [0.15, 0.2) is 30.5 Å². The molecule has 2 aromatic heterocycles. The van der Waals surface area contributed by atoms with Crippen molar-refractivity contribution in [1.29, 1.82) is 0 Å². The van der Waals surface area contributed by atoms with Gasteiger partial charge in [0.05, 0.1) is 5.39 Å². The van der Waals surface area contributed by atoms with E-state index in [1.54, 1.807) is 37.4 Å². The smallest absolute Gasteiger partial charge is 0.326 e. The highest BCUT2D eigenvalue weighted by Crippen LogP contribution is 2.36. The molecule has 0 bridgehead atoms. The van der Waals surface area contributed by atoms with Crippen LogP contribution in [0.4, 0.5) is 0 Å². The van der Waals surface area contributed by atoms with Crippen molar-refractivity contribution in [2.75, 3.05) is 0 Å². The lowest BCUT2D eigenvalue weighted by atomic mass is 9.89. The molecule has 2 heterocycles. The second-order valence-corrected chi connectivity index (χ2v) is 7.44. The Bertz CT molecular complexity index is 1160. The van der Waals surface area contributed by atoms with Crippen LogP contribution in [-0.2, 0) is 9.59 Å². The van der Waals surface area contributed by atoms with Crippen LogP contribution in [0.3, 0.4) is 0 Å². The summed E-state index contributed by atoms with van der Waals surface area (Å²) in [6.07, 6.45) is 1.92. The van der Waals surface area contributed by atoms with E-state index in [1.807, 2.05) is 6.92 Å². The molecule has 3 aromatic rings. The van der Waals surface area contributed by atoms with Crippen LogP contribution < -0.4 is 5.32 Å². The summed E-state index contributed by atoms with van der Waals surface area (Å²) >= 11 is 0. The number of H-pyrrole nitrogens is 1. The van der Waals surface area contributed by atoms with E-state index in [1.165, 1.54) is 0 Å². The Hall–Kier alpha value is -3.95. The summed E-state index contributed by atoms with van der Waals surface area (Å²) in [5.74, 6) is -2.77. The second kappa shape index (κ2) is 9.46. The molecule has 1 unspecified atom stereocenters. The van der Waals surface area contributed by atoms with Gasteiger partial charge >= 0.3 is 11.9 Å². The lowest BCUT2D eigenvalue weighted by Crippen LogP contribution is -2.41. The molecule has 0 aliphatic carbocycles. The number of benzene rings is 1. The van der Waals surface area contributed by atoms with Crippen molar-refractivity contribution >= 4 is 28.9 Å². The van der Waals surface area contributed by atoms with Crippen molar-refractivity contribution in [2.45, 2.75) is 45.1 Å². The van der Waals surface area contributed by atoms with E-state index in [0.29, 0.717) is 23.3 Å². The molecule has 0 saturated heterocycles. The molecule has 10 nitrogen and oxygen atoms in total. The Kier molecular flexibility index (Phi) is 6.72. The number of fused-ring (bicyclic) bond motifs is 1. The van der Waals surface area contributed by atoms with Crippen molar-refractivity contribution in [2.24, 2.45) is 0 Å². The number of aromatic amines is 1. The predicted molar refractivity (Wildman–Crippen MR) is 115 cm³/mol. The highest BCUT2D eigenvalue weighted by molar-refractivity contribution is 5.96. The molecule has 1 aromatic carbocycles. The summed E-state index contributed by atoms with van der Waals surface area (Å²) in [7, 11) is 0. The van der Waals surface area contributed by atoms with E-state index in [9.17, 15) is 24.6 Å². The van der Waals surface area contributed by atoms with Gasteiger partial charge in [-0.25, -0.2) is 9.78 Å². The summed E-state index contributed by atoms with van der Waals surface area (Å²) in [5.41, 5.74) is 2.52. The largest absolute Gasteiger partial charge is 0.493 e. The number of hydrogen-bond acceptors (Lipinski definition) is 6. The Morgan fingerprint density at radius 2 is 1.81 bits per heavy atom. The minimum Gasteiger partial charge on any atom is -0.493 e. The molecule has 10 heteroatoms. The first-order valence-corrected chi connectivity index (χ1v) is 10.1. The lowest BCUT2D eigenvalue weighted by molar-refractivity contribution is -0.140.